The SMILES string of the molecule is COc1cc([C@@H](C)N)ccc1OCCCCO. The van der Waals surface area contributed by atoms with Gasteiger partial charge in [0.2, 0.25) is 0 Å². The van der Waals surface area contributed by atoms with Crippen molar-refractivity contribution in [2.75, 3.05) is 20.3 Å². The van der Waals surface area contributed by atoms with Gasteiger partial charge >= 0.3 is 0 Å². The summed E-state index contributed by atoms with van der Waals surface area (Å²) >= 11 is 0. The van der Waals surface area contributed by atoms with Gasteiger partial charge in [0.15, 0.2) is 11.5 Å². The first-order chi connectivity index (χ1) is 8.19. The second-order valence-electron chi connectivity index (χ2n) is 3.98. The van der Waals surface area contributed by atoms with E-state index in [0.717, 1.165) is 24.2 Å². The van der Waals surface area contributed by atoms with E-state index < -0.39 is 0 Å². The summed E-state index contributed by atoms with van der Waals surface area (Å²) in [5.74, 6) is 1.42. The van der Waals surface area contributed by atoms with E-state index in [1.165, 1.54) is 0 Å². The summed E-state index contributed by atoms with van der Waals surface area (Å²) in [6.07, 6.45) is 1.58. The Morgan fingerprint density at radius 3 is 2.65 bits per heavy atom. The molecular formula is C13H21NO3. The first kappa shape index (κ1) is 13.8. The lowest BCUT2D eigenvalue weighted by Gasteiger charge is -2.13. The van der Waals surface area contributed by atoms with Crippen LogP contribution in [-0.4, -0.2) is 25.4 Å². The molecule has 0 aliphatic carbocycles. The van der Waals surface area contributed by atoms with Crippen LogP contribution in [0.25, 0.3) is 0 Å². The molecule has 0 amide bonds. The van der Waals surface area contributed by atoms with Crippen LogP contribution in [0.15, 0.2) is 18.2 Å². The largest absolute Gasteiger partial charge is 0.493 e. The predicted octanol–water partition coefficient (Wildman–Crippen LogP) is 1.87. The molecule has 0 saturated carbocycles. The van der Waals surface area contributed by atoms with Crippen molar-refractivity contribution < 1.29 is 14.6 Å². The van der Waals surface area contributed by atoms with E-state index in [9.17, 15) is 0 Å². The van der Waals surface area contributed by atoms with Crippen molar-refractivity contribution in [2.45, 2.75) is 25.8 Å². The van der Waals surface area contributed by atoms with Gasteiger partial charge in [-0.2, -0.15) is 0 Å². The molecular weight excluding hydrogens is 218 g/mol. The number of rotatable bonds is 7. The molecule has 96 valence electrons. The van der Waals surface area contributed by atoms with E-state index in [4.69, 9.17) is 20.3 Å². The molecule has 0 unspecified atom stereocenters. The monoisotopic (exact) mass is 239 g/mol. The molecule has 0 spiro atoms. The van der Waals surface area contributed by atoms with Gasteiger partial charge in [0.25, 0.3) is 0 Å². The van der Waals surface area contributed by atoms with Crippen LogP contribution in [0.3, 0.4) is 0 Å². The van der Waals surface area contributed by atoms with Crippen molar-refractivity contribution in [1.29, 1.82) is 0 Å². The summed E-state index contributed by atoms with van der Waals surface area (Å²) in [4.78, 5) is 0. The highest BCUT2D eigenvalue weighted by Gasteiger charge is 2.07. The first-order valence-electron chi connectivity index (χ1n) is 5.86. The smallest absolute Gasteiger partial charge is 0.161 e. The van der Waals surface area contributed by atoms with Crippen LogP contribution in [0.1, 0.15) is 31.4 Å². The fraction of sp³-hybridized carbons (Fsp3) is 0.538. The van der Waals surface area contributed by atoms with Crippen molar-refractivity contribution in [3.05, 3.63) is 23.8 Å². The van der Waals surface area contributed by atoms with Gasteiger partial charge in [0.05, 0.1) is 13.7 Å². The summed E-state index contributed by atoms with van der Waals surface area (Å²) < 4.78 is 10.9. The molecule has 0 bridgehead atoms. The molecule has 1 atom stereocenters. The Morgan fingerprint density at radius 1 is 1.29 bits per heavy atom. The Labute approximate surface area is 102 Å². The topological polar surface area (TPSA) is 64.7 Å². The summed E-state index contributed by atoms with van der Waals surface area (Å²) in [6.45, 7) is 2.70. The molecule has 0 radical (unpaired) electrons. The highest BCUT2D eigenvalue weighted by atomic mass is 16.5. The molecule has 1 aromatic carbocycles. The van der Waals surface area contributed by atoms with Crippen LogP contribution in [0, 0.1) is 0 Å². The predicted molar refractivity (Wildman–Crippen MR) is 67.4 cm³/mol. The van der Waals surface area contributed by atoms with Gasteiger partial charge in [-0.25, -0.2) is 0 Å². The zero-order valence-electron chi connectivity index (χ0n) is 10.5. The normalized spacial score (nSPS) is 12.2. The van der Waals surface area contributed by atoms with Crippen molar-refractivity contribution in [3.63, 3.8) is 0 Å². The van der Waals surface area contributed by atoms with Crippen molar-refractivity contribution in [2.24, 2.45) is 5.73 Å². The lowest BCUT2D eigenvalue weighted by molar-refractivity contribution is 0.247. The van der Waals surface area contributed by atoms with Crippen LogP contribution in [-0.2, 0) is 0 Å². The van der Waals surface area contributed by atoms with Crippen molar-refractivity contribution in [1.82, 2.24) is 0 Å². The first-order valence-corrected chi connectivity index (χ1v) is 5.86. The minimum Gasteiger partial charge on any atom is -0.493 e. The molecule has 0 saturated heterocycles. The Hall–Kier alpha value is -1.26. The summed E-state index contributed by atoms with van der Waals surface area (Å²) in [7, 11) is 1.61. The van der Waals surface area contributed by atoms with Gasteiger partial charge in [0, 0.05) is 12.6 Å². The molecule has 1 aromatic rings. The number of hydrogen-bond donors (Lipinski definition) is 2. The second-order valence-corrected chi connectivity index (χ2v) is 3.98. The van der Waals surface area contributed by atoms with Crippen molar-refractivity contribution in [3.8, 4) is 11.5 Å². The van der Waals surface area contributed by atoms with E-state index in [1.807, 2.05) is 25.1 Å². The molecule has 0 aliphatic heterocycles. The van der Waals surface area contributed by atoms with Gasteiger partial charge in [-0.05, 0) is 37.5 Å². The molecule has 4 heteroatoms. The molecule has 0 aromatic heterocycles. The Morgan fingerprint density at radius 2 is 2.06 bits per heavy atom. The fourth-order valence-electron chi connectivity index (χ4n) is 1.48. The summed E-state index contributed by atoms with van der Waals surface area (Å²) in [6, 6.07) is 5.68. The number of aliphatic hydroxyl groups is 1. The second kappa shape index (κ2) is 7.14. The number of unbranched alkanes of at least 4 members (excludes halogenated alkanes) is 1. The summed E-state index contributed by atoms with van der Waals surface area (Å²) in [5.41, 5.74) is 6.82. The Kier molecular flexibility index (Phi) is 5.80. The van der Waals surface area contributed by atoms with Crippen LogP contribution in [0.5, 0.6) is 11.5 Å². The van der Waals surface area contributed by atoms with Crippen molar-refractivity contribution >= 4 is 0 Å². The zero-order chi connectivity index (χ0) is 12.7. The number of hydrogen-bond acceptors (Lipinski definition) is 4. The van der Waals surface area contributed by atoms with E-state index in [2.05, 4.69) is 0 Å². The molecule has 0 aliphatic rings. The van der Waals surface area contributed by atoms with Gasteiger partial charge < -0.3 is 20.3 Å². The molecule has 0 fully saturated rings. The quantitative estimate of drug-likeness (QED) is 0.713. The molecule has 0 heterocycles. The lowest BCUT2D eigenvalue weighted by Crippen LogP contribution is -2.06. The number of nitrogens with two attached hydrogens (primary N) is 1. The average Bonchev–Trinajstić information content (AvgIpc) is 2.34. The average molecular weight is 239 g/mol. The Bertz CT molecular complexity index is 339. The third-order valence-electron chi connectivity index (χ3n) is 2.52. The minimum absolute atomic E-state index is 0.0210. The van der Waals surface area contributed by atoms with Crippen LogP contribution >= 0.6 is 0 Å². The van der Waals surface area contributed by atoms with Gasteiger partial charge in [0.1, 0.15) is 0 Å². The maximum atomic E-state index is 8.67. The standard InChI is InChI=1S/C13H21NO3/c1-10(14)11-5-6-12(13(9-11)16-2)17-8-4-3-7-15/h5-6,9-10,15H,3-4,7-8,14H2,1-2H3/t10-/m1/s1. The Balaban J connectivity index is 2.65. The fourth-order valence-corrected chi connectivity index (χ4v) is 1.48. The van der Waals surface area contributed by atoms with Gasteiger partial charge in [-0.3, -0.25) is 0 Å². The molecule has 3 N–H and O–H groups in total. The third kappa shape index (κ3) is 4.24. The minimum atomic E-state index is -0.0210. The van der Waals surface area contributed by atoms with E-state index in [-0.39, 0.29) is 12.6 Å². The maximum Gasteiger partial charge on any atom is 0.161 e. The zero-order valence-corrected chi connectivity index (χ0v) is 10.5. The molecule has 17 heavy (non-hydrogen) atoms. The number of benzene rings is 1. The highest BCUT2D eigenvalue weighted by molar-refractivity contribution is 5.43. The number of methoxy groups -OCH3 is 1. The van der Waals surface area contributed by atoms with Crippen LogP contribution < -0.4 is 15.2 Å². The highest BCUT2D eigenvalue weighted by Crippen LogP contribution is 2.29. The maximum absolute atomic E-state index is 8.67. The van der Waals surface area contributed by atoms with E-state index >= 15 is 0 Å². The van der Waals surface area contributed by atoms with E-state index in [1.54, 1.807) is 7.11 Å². The number of aliphatic hydroxyl groups excluding tert-OH is 1. The molecule has 4 nitrogen and oxygen atoms in total. The van der Waals surface area contributed by atoms with Crippen LogP contribution in [0.4, 0.5) is 0 Å². The molecule has 1 rings (SSSR count). The number of ether oxygens (including phenoxy) is 2. The van der Waals surface area contributed by atoms with E-state index in [0.29, 0.717) is 12.4 Å². The summed E-state index contributed by atoms with van der Waals surface area (Å²) in [5, 5.41) is 8.67. The third-order valence-corrected chi connectivity index (χ3v) is 2.52. The lowest BCUT2D eigenvalue weighted by atomic mass is 10.1. The van der Waals surface area contributed by atoms with Crippen LogP contribution in [0.2, 0.25) is 0 Å². The van der Waals surface area contributed by atoms with Gasteiger partial charge in [-0.15, -0.1) is 0 Å². The van der Waals surface area contributed by atoms with Gasteiger partial charge in [-0.1, -0.05) is 6.07 Å².